The van der Waals surface area contributed by atoms with Crippen LogP contribution in [0.2, 0.25) is 0 Å². The average molecular weight is 297 g/mol. The standard InChI is InChI=1S/C15H23NO5/c1-17-5-3-6-19-13-9-15-14(20-11-21-15)8-12(13)10-16-4-7-18-2/h8-9,16H,3-7,10-11H2,1-2H3. The van der Waals surface area contributed by atoms with Gasteiger partial charge in [-0.05, 0) is 6.07 Å². The van der Waals surface area contributed by atoms with Gasteiger partial charge in [0.2, 0.25) is 6.79 Å². The number of hydrogen-bond acceptors (Lipinski definition) is 6. The van der Waals surface area contributed by atoms with Gasteiger partial charge in [0.1, 0.15) is 5.75 Å². The summed E-state index contributed by atoms with van der Waals surface area (Å²) >= 11 is 0. The molecule has 0 bridgehead atoms. The summed E-state index contributed by atoms with van der Waals surface area (Å²) in [6.07, 6.45) is 0.849. The van der Waals surface area contributed by atoms with E-state index in [0.717, 1.165) is 35.8 Å². The van der Waals surface area contributed by atoms with E-state index < -0.39 is 0 Å². The molecule has 6 heteroatoms. The van der Waals surface area contributed by atoms with Gasteiger partial charge in [-0.25, -0.2) is 0 Å². The summed E-state index contributed by atoms with van der Waals surface area (Å²) in [6, 6.07) is 3.86. The zero-order valence-electron chi connectivity index (χ0n) is 12.6. The molecule has 21 heavy (non-hydrogen) atoms. The first kappa shape index (κ1) is 15.9. The molecule has 0 spiro atoms. The van der Waals surface area contributed by atoms with Crippen LogP contribution in [0.15, 0.2) is 12.1 Å². The number of ether oxygens (including phenoxy) is 5. The molecule has 0 amide bonds. The Kier molecular flexibility index (Phi) is 6.59. The molecule has 0 aromatic heterocycles. The van der Waals surface area contributed by atoms with Crippen molar-refractivity contribution in [2.24, 2.45) is 0 Å². The first-order valence-electron chi connectivity index (χ1n) is 7.09. The minimum atomic E-state index is 0.263. The molecule has 1 heterocycles. The van der Waals surface area contributed by atoms with Crippen LogP contribution in [-0.4, -0.2) is 47.4 Å². The molecule has 1 aromatic carbocycles. The van der Waals surface area contributed by atoms with Gasteiger partial charge in [-0.15, -0.1) is 0 Å². The molecule has 0 atom stereocenters. The molecular weight excluding hydrogens is 274 g/mol. The van der Waals surface area contributed by atoms with Crippen molar-refractivity contribution in [1.82, 2.24) is 5.32 Å². The van der Waals surface area contributed by atoms with E-state index in [2.05, 4.69) is 5.32 Å². The van der Waals surface area contributed by atoms with Crippen LogP contribution >= 0.6 is 0 Å². The summed E-state index contributed by atoms with van der Waals surface area (Å²) in [5.41, 5.74) is 1.05. The lowest BCUT2D eigenvalue weighted by Crippen LogP contribution is -2.19. The summed E-state index contributed by atoms with van der Waals surface area (Å²) < 4.78 is 26.7. The first-order chi connectivity index (χ1) is 10.3. The predicted molar refractivity (Wildman–Crippen MR) is 78.1 cm³/mol. The van der Waals surface area contributed by atoms with E-state index in [1.807, 2.05) is 12.1 Å². The summed E-state index contributed by atoms with van der Waals surface area (Å²) in [7, 11) is 3.37. The van der Waals surface area contributed by atoms with Gasteiger partial charge in [0.15, 0.2) is 11.5 Å². The fourth-order valence-corrected chi connectivity index (χ4v) is 2.02. The lowest BCUT2D eigenvalue weighted by atomic mass is 10.1. The lowest BCUT2D eigenvalue weighted by molar-refractivity contribution is 0.170. The number of nitrogens with one attached hydrogen (secondary N) is 1. The van der Waals surface area contributed by atoms with Crippen molar-refractivity contribution in [3.63, 3.8) is 0 Å². The Hall–Kier alpha value is -1.50. The highest BCUT2D eigenvalue weighted by molar-refractivity contribution is 5.51. The van der Waals surface area contributed by atoms with Crippen molar-refractivity contribution in [1.29, 1.82) is 0 Å². The van der Waals surface area contributed by atoms with Gasteiger partial charge in [0, 0.05) is 52.0 Å². The number of rotatable bonds is 10. The molecule has 118 valence electrons. The monoisotopic (exact) mass is 297 g/mol. The third-order valence-electron chi connectivity index (χ3n) is 3.10. The lowest BCUT2D eigenvalue weighted by Gasteiger charge is -2.13. The number of hydrogen-bond donors (Lipinski definition) is 1. The number of fused-ring (bicyclic) bond motifs is 1. The fraction of sp³-hybridized carbons (Fsp3) is 0.600. The van der Waals surface area contributed by atoms with Crippen LogP contribution < -0.4 is 19.5 Å². The van der Waals surface area contributed by atoms with Gasteiger partial charge < -0.3 is 29.0 Å². The van der Waals surface area contributed by atoms with E-state index in [4.69, 9.17) is 23.7 Å². The van der Waals surface area contributed by atoms with Gasteiger partial charge >= 0.3 is 0 Å². The van der Waals surface area contributed by atoms with Crippen molar-refractivity contribution in [3.05, 3.63) is 17.7 Å². The van der Waals surface area contributed by atoms with Crippen molar-refractivity contribution in [2.75, 3.05) is 47.4 Å². The second kappa shape index (κ2) is 8.71. The van der Waals surface area contributed by atoms with Crippen LogP contribution in [-0.2, 0) is 16.0 Å². The molecule has 0 fully saturated rings. The van der Waals surface area contributed by atoms with Gasteiger partial charge in [0.05, 0.1) is 13.2 Å². The van der Waals surface area contributed by atoms with Crippen LogP contribution in [0.3, 0.4) is 0 Å². The predicted octanol–water partition coefficient (Wildman–Crippen LogP) is 1.57. The second-order valence-corrected chi connectivity index (χ2v) is 4.68. The largest absolute Gasteiger partial charge is 0.493 e. The Morgan fingerprint density at radius 1 is 1.05 bits per heavy atom. The minimum Gasteiger partial charge on any atom is -0.493 e. The third-order valence-corrected chi connectivity index (χ3v) is 3.10. The quantitative estimate of drug-likeness (QED) is 0.662. The molecule has 6 nitrogen and oxygen atoms in total. The van der Waals surface area contributed by atoms with Gasteiger partial charge in [0.25, 0.3) is 0 Å². The molecule has 1 aliphatic rings. The van der Waals surface area contributed by atoms with Gasteiger partial charge in [-0.3, -0.25) is 0 Å². The number of methoxy groups -OCH3 is 2. The van der Waals surface area contributed by atoms with E-state index in [1.54, 1.807) is 14.2 Å². The number of benzene rings is 1. The fourth-order valence-electron chi connectivity index (χ4n) is 2.02. The molecule has 1 aromatic rings. The maximum absolute atomic E-state index is 5.83. The maximum atomic E-state index is 5.83. The Balaban J connectivity index is 1.97. The summed E-state index contributed by atoms with van der Waals surface area (Å²) in [4.78, 5) is 0. The van der Waals surface area contributed by atoms with E-state index in [-0.39, 0.29) is 6.79 Å². The van der Waals surface area contributed by atoms with Gasteiger partial charge in [-0.1, -0.05) is 0 Å². The molecule has 0 saturated heterocycles. The highest BCUT2D eigenvalue weighted by atomic mass is 16.7. The minimum absolute atomic E-state index is 0.263. The Morgan fingerprint density at radius 3 is 2.57 bits per heavy atom. The van der Waals surface area contributed by atoms with Crippen LogP contribution in [0.25, 0.3) is 0 Å². The van der Waals surface area contributed by atoms with Crippen LogP contribution in [0.1, 0.15) is 12.0 Å². The van der Waals surface area contributed by atoms with Crippen LogP contribution in [0, 0.1) is 0 Å². The smallest absolute Gasteiger partial charge is 0.231 e. The van der Waals surface area contributed by atoms with Crippen LogP contribution in [0.5, 0.6) is 17.2 Å². The molecule has 0 aliphatic carbocycles. The molecule has 0 unspecified atom stereocenters. The summed E-state index contributed by atoms with van der Waals surface area (Å²) in [5, 5.41) is 3.31. The molecule has 1 aliphatic heterocycles. The Labute approximate surface area is 125 Å². The molecular formula is C15H23NO5. The molecule has 2 rings (SSSR count). The van der Waals surface area contributed by atoms with Crippen molar-refractivity contribution in [3.8, 4) is 17.2 Å². The summed E-state index contributed by atoms with van der Waals surface area (Å²) in [5.74, 6) is 2.32. The topological polar surface area (TPSA) is 58.2 Å². The Morgan fingerprint density at radius 2 is 1.81 bits per heavy atom. The molecule has 0 radical (unpaired) electrons. The van der Waals surface area contributed by atoms with Crippen LogP contribution in [0.4, 0.5) is 0 Å². The average Bonchev–Trinajstić information content (AvgIpc) is 2.95. The third kappa shape index (κ3) is 4.77. The van der Waals surface area contributed by atoms with Gasteiger partial charge in [-0.2, -0.15) is 0 Å². The van der Waals surface area contributed by atoms with Crippen molar-refractivity contribution >= 4 is 0 Å². The highest BCUT2D eigenvalue weighted by Crippen LogP contribution is 2.38. The summed E-state index contributed by atoms with van der Waals surface area (Å²) in [6.45, 7) is 3.71. The van der Waals surface area contributed by atoms with Crippen molar-refractivity contribution in [2.45, 2.75) is 13.0 Å². The zero-order chi connectivity index (χ0) is 14.9. The normalized spacial score (nSPS) is 12.7. The SMILES string of the molecule is COCCCOc1cc2c(cc1CNCCOC)OCO2. The van der Waals surface area contributed by atoms with E-state index in [9.17, 15) is 0 Å². The maximum Gasteiger partial charge on any atom is 0.231 e. The van der Waals surface area contributed by atoms with E-state index in [1.165, 1.54) is 0 Å². The molecule has 1 N–H and O–H groups in total. The molecule has 0 saturated carbocycles. The first-order valence-corrected chi connectivity index (χ1v) is 7.09. The highest BCUT2D eigenvalue weighted by Gasteiger charge is 2.17. The van der Waals surface area contributed by atoms with Crippen molar-refractivity contribution < 1.29 is 23.7 Å². The Bertz CT molecular complexity index is 399. The second-order valence-electron chi connectivity index (χ2n) is 4.68. The van der Waals surface area contributed by atoms with E-state index in [0.29, 0.717) is 26.4 Å². The van der Waals surface area contributed by atoms with E-state index >= 15 is 0 Å². The zero-order valence-corrected chi connectivity index (χ0v) is 12.6.